The van der Waals surface area contributed by atoms with Crippen LogP contribution in [-0.4, -0.2) is 9.36 Å². The van der Waals surface area contributed by atoms with Crippen LogP contribution in [0.4, 0.5) is 4.39 Å². The first kappa shape index (κ1) is 9.97. The van der Waals surface area contributed by atoms with E-state index >= 15 is 0 Å². The molecule has 2 aromatic rings. The Morgan fingerprint density at radius 1 is 1.36 bits per heavy atom. The van der Waals surface area contributed by atoms with E-state index in [0.717, 1.165) is 16.1 Å². The number of rotatable bonds is 1. The molecule has 0 saturated carbocycles. The molecule has 1 aromatic heterocycles. The molecule has 1 heterocycles. The molecule has 1 aromatic carbocycles. The normalized spacial score (nSPS) is 10.5. The van der Waals surface area contributed by atoms with Crippen molar-refractivity contribution in [1.29, 1.82) is 0 Å². The Hall–Kier alpha value is -0.560. The smallest absolute Gasteiger partial charge is 0.203 e. The minimum atomic E-state index is -0.231. The van der Waals surface area contributed by atoms with E-state index in [9.17, 15) is 4.39 Å². The Kier molecular flexibility index (Phi) is 2.78. The molecule has 2 nitrogen and oxygen atoms in total. The van der Waals surface area contributed by atoms with Gasteiger partial charge in [0.25, 0.3) is 0 Å². The van der Waals surface area contributed by atoms with Crippen molar-refractivity contribution in [2.24, 2.45) is 0 Å². The molecule has 0 unspecified atom stereocenters. The summed E-state index contributed by atoms with van der Waals surface area (Å²) >= 11 is 3.32. The standard InChI is InChI=1S/C9H6FIN2S/c1-5-2-6(4-7(10)3-5)8-12-9(11)13-14-8/h2-4H,1H3. The molecular weight excluding hydrogens is 314 g/mol. The molecule has 0 radical (unpaired) electrons. The van der Waals surface area contributed by atoms with E-state index in [4.69, 9.17) is 0 Å². The molecular formula is C9H6FIN2S. The maximum Gasteiger partial charge on any atom is 0.203 e. The van der Waals surface area contributed by atoms with Crippen LogP contribution >= 0.6 is 34.1 Å². The Morgan fingerprint density at radius 2 is 2.14 bits per heavy atom. The monoisotopic (exact) mass is 320 g/mol. The molecule has 0 amide bonds. The van der Waals surface area contributed by atoms with Gasteiger partial charge in [0, 0.05) is 28.2 Å². The van der Waals surface area contributed by atoms with Gasteiger partial charge >= 0.3 is 0 Å². The lowest BCUT2D eigenvalue weighted by Crippen LogP contribution is -1.82. The molecule has 72 valence electrons. The topological polar surface area (TPSA) is 25.8 Å². The van der Waals surface area contributed by atoms with Crippen LogP contribution in [0.15, 0.2) is 18.2 Å². The van der Waals surface area contributed by atoms with Crippen LogP contribution in [-0.2, 0) is 0 Å². The van der Waals surface area contributed by atoms with Gasteiger partial charge in [0.15, 0.2) is 0 Å². The SMILES string of the molecule is Cc1cc(F)cc(-c2nc(I)ns2)c1. The fraction of sp³-hybridized carbons (Fsp3) is 0.111. The second kappa shape index (κ2) is 3.90. The third kappa shape index (κ3) is 2.09. The van der Waals surface area contributed by atoms with Crippen LogP contribution in [0.5, 0.6) is 0 Å². The van der Waals surface area contributed by atoms with Crippen molar-refractivity contribution < 1.29 is 4.39 Å². The van der Waals surface area contributed by atoms with Crippen LogP contribution in [0.25, 0.3) is 10.6 Å². The van der Waals surface area contributed by atoms with Gasteiger partial charge in [0.2, 0.25) is 3.83 Å². The lowest BCUT2D eigenvalue weighted by molar-refractivity contribution is 0.627. The van der Waals surface area contributed by atoms with Gasteiger partial charge in [-0.05, 0) is 42.2 Å². The second-order valence-corrected chi connectivity index (χ2v) is 4.60. The van der Waals surface area contributed by atoms with E-state index in [1.54, 1.807) is 0 Å². The summed E-state index contributed by atoms with van der Waals surface area (Å²) < 4.78 is 17.8. The predicted molar refractivity (Wildman–Crippen MR) is 62.8 cm³/mol. The molecule has 0 atom stereocenters. The number of halogens is 2. The molecule has 0 spiro atoms. The molecule has 0 fully saturated rings. The first-order chi connectivity index (χ1) is 6.65. The summed E-state index contributed by atoms with van der Waals surface area (Å²) in [7, 11) is 0. The quantitative estimate of drug-likeness (QED) is 0.754. The Morgan fingerprint density at radius 3 is 2.71 bits per heavy atom. The zero-order valence-corrected chi connectivity index (χ0v) is 10.3. The average Bonchev–Trinajstić information content (AvgIpc) is 2.50. The number of hydrogen-bond donors (Lipinski definition) is 0. The molecule has 0 aliphatic heterocycles. The average molecular weight is 320 g/mol. The van der Waals surface area contributed by atoms with Gasteiger partial charge in [-0.2, -0.15) is 4.37 Å². The van der Waals surface area contributed by atoms with Crippen LogP contribution in [0.1, 0.15) is 5.56 Å². The van der Waals surface area contributed by atoms with Gasteiger partial charge < -0.3 is 0 Å². The van der Waals surface area contributed by atoms with E-state index in [1.165, 1.54) is 23.7 Å². The van der Waals surface area contributed by atoms with E-state index in [-0.39, 0.29) is 5.82 Å². The zero-order chi connectivity index (χ0) is 10.1. The van der Waals surface area contributed by atoms with Crippen molar-refractivity contribution in [2.45, 2.75) is 6.92 Å². The molecule has 0 N–H and O–H groups in total. The van der Waals surface area contributed by atoms with Crippen molar-refractivity contribution >= 4 is 34.1 Å². The minimum Gasteiger partial charge on any atom is -0.210 e. The summed E-state index contributed by atoms with van der Waals surface area (Å²) in [6.45, 7) is 1.86. The first-order valence-corrected chi connectivity index (χ1v) is 5.77. The van der Waals surface area contributed by atoms with Gasteiger partial charge in [-0.15, -0.1) is 0 Å². The number of nitrogens with zero attached hydrogens (tertiary/aromatic N) is 2. The number of hydrogen-bond acceptors (Lipinski definition) is 3. The van der Waals surface area contributed by atoms with Crippen LogP contribution in [0.2, 0.25) is 0 Å². The maximum absolute atomic E-state index is 13.1. The molecule has 0 saturated heterocycles. The highest BCUT2D eigenvalue weighted by molar-refractivity contribution is 14.1. The third-order valence-electron chi connectivity index (χ3n) is 1.69. The molecule has 14 heavy (non-hydrogen) atoms. The van der Waals surface area contributed by atoms with Crippen molar-refractivity contribution in [3.8, 4) is 10.6 Å². The summed E-state index contributed by atoms with van der Waals surface area (Å²) in [6, 6.07) is 4.87. The van der Waals surface area contributed by atoms with Crippen LogP contribution < -0.4 is 0 Å². The lowest BCUT2D eigenvalue weighted by Gasteiger charge is -1.98. The van der Waals surface area contributed by atoms with Crippen molar-refractivity contribution in [3.05, 3.63) is 33.4 Å². The highest BCUT2D eigenvalue weighted by atomic mass is 127. The van der Waals surface area contributed by atoms with Crippen LogP contribution in [0.3, 0.4) is 0 Å². The summed E-state index contributed by atoms with van der Waals surface area (Å²) in [6.07, 6.45) is 0. The number of benzene rings is 1. The Balaban J connectivity index is 2.51. The molecule has 5 heteroatoms. The molecule has 0 bridgehead atoms. The predicted octanol–water partition coefficient (Wildman–Crippen LogP) is 3.26. The first-order valence-electron chi connectivity index (χ1n) is 3.92. The van der Waals surface area contributed by atoms with Crippen molar-refractivity contribution in [2.75, 3.05) is 0 Å². The van der Waals surface area contributed by atoms with Gasteiger partial charge in [0.1, 0.15) is 10.8 Å². The molecule has 0 aliphatic rings. The van der Waals surface area contributed by atoms with Crippen molar-refractivity contribution in [1.82, 2.24) is 9.36 Å². The van der Waals surface area contributed by atoms with Crippen LogP contribution in [0, 0.1) is 16.6 Å². The van der Waals surface area contributed by atoms with Gasteiger partial charge in [-0.25, -0.2) is 9.37 Å². The van der Waals surface area contributed by atoms with E-state index in [0.29, 0.717) is 3.83 Å². The Labute approximate surface area is 98.5 Å². The highest BCUT2D eigenvalue weighted by Crippen LogP contribution is 2.23. The maximum atomic E-state index is 13.1. The fourth-order valence-electron chi connectivity index (χ4n) is 1.18. The van der Waals surface area contributed by atoms with E-state index in [2.05, 4.69) is 9.36 Å². The lowest BCUT2D eigenvalue weighted by atomic mass is 10.1. The number of aromatic nitrogens is 2. The summed E-state index contributed by atoms with van der Waals surface area (Å²) in [5, 5.41) is 0.761. The van der Waals surface area contributed by atoms with Crippen molar-refractivity contribution in [3.63, 3.8) is 0 Å². The summed E-state index contributed by atoms with van der Waals surface area (Å²) in [5.74, 6) is -0.231. The summed E-state index contributed by atoms with van der Waals surface area (Å²) in [5.41, 5.74) is 1.69. The van der Waals surface area contributed by atoms with E-state index < -0.39 is 0 Å². The molecule has 2 rings (SSSR count). The zero-order valence-electron chi connectivity index (χ0n) is 7.29. The largest absolute Gasteiger partial charge is 0.210 e. The second-order valence-electron chi connectivity index (χ2n) is 2.89. The fourth-order valence-corrected chi connectivity index (χ4v) is 2.44. The summed E-state index contributed by atoms with van der Waals surface area (Å²) in [4.78, 5) is 4.19. The number of aryl methyl sites for hydroxylation is 1. The van der Waals surface area contributed by atoms with Gasteiger partial charge in [0.05, 0.1) is 0 Å². The van der Waals surface area contributed by atoms with Gasteiger partial charge in [-0.3, -0.25) is 0 Å². The molecule has 0 aliphatic carbocycles. The van der Waals surface area contributed by atoms with E-state index in [1.807, 2.05) is 35.6 Å². The highest BCUT2D eigenvalue weighted by Gasteiger charge is 2.06. The van der Waals surface area contributed by atoms with Gasteiger partial charge in [-0.1, -0.05) is 0 Å². The third-order valence-corrected chi connectivity index (χ3v) is 3.26. The minimum absolute atomic E-state index is 0.231. The Bertz CT molecular complexity index is 449.